The topological polar surface area (TPSA) is 94.0 Å². The van der Waals surface area contributed by atoms with Crippen molar-refractivity contribution in [3.05, 3.63) is 17.3 Å². The fraction of sp³-hybridized carbons (Fsp3) is 0.400. The third kappa shape index (κ3) is 3.58. The average molecular weight is 243 g/mol. The largest absolute Gasteiger partial charge is 0.396 e. The fourth-order valence-electron chi connectivity index (χ4n) is 1.35. The molecule has 0 radical (unpaired) electrons. The molecule has 6 heteroatoms. The zero-order valence-corrected chi connectivity index (χ0v) is 10.0. The molecule has 0 spiro atoms. The first-order valence-corrected chi connectivity index (χ1v) is 5.16. The molecule has 0 aliphatic heterocycles. The van der Waals surface area contributed by atoms with E-state index in [1.54, 1.807) is 12.1 Å². The molecule has 0 saturated carbocycles. The fourth-order valence-corrected chi connectivity index (χ4v) is 1.49. The third-order valence-corrected chi connectivity index (χ3v) is 2.18. The van der Waals surface area contributed by atoms with E-state index in [1.807, 2.05) is 13.8 Å². The third-order valence-electron chi connectivity index (χ3n) is 1.97. The first-order valence-electron chi connectivity index (χ1n) is 4.79. The van der Waals surface area contributed by atoms with E-state index < -0.39 is 11.4 Å². The van der Waals surface area contributed by atoms with Gasteiger partial charge in [-0.2, -0.15) is 0 Å². The smallest absolute Gasteiger partial charge is 0.219 e. The van der Waals surface area contributed by atoms with Crippen LogP contribution in [0.2, 0.25) is 5.15 Å². The van der Waals surface area contributed by atoms with Crippen LogP contribution < -0.4 is 16.8 Å². The van der Waals surface area contributed by atoms with E-state index in [-0.39, 0.29) is 6.42 Å². The Morgan fingerprint density at radius 3 is 2.75 bits per heavy atom. The average Bonchev–Trinajstić information content (AvgIpc) is 2.08. The van der Waals surface area contributed by atoms with E-state index in [0.29, 0.717) is 16.7 Å². The first kappa shape index (κ1) is 12.6. The van der Waals surface area contributed by atoms with E-state index >= 15 is 0 Å². The molecule has 88 valence electrons. The Morgan fingerprint density at radius 2 is 2.19 bits per heavy atom. The molecule has 1 heterocycles. The second-order valence-corrected chi connectivity index (χ2v) is 4.61. The highest BCUT2D eigenvalue weighted by Crippen LogP contribution is 2.23. The second kappa shape index (κ2) is 4.57. The van der Waals surface area contributed by atoms with Crippen molar-refractivity contribution in [3.8, 4) is 0 Å². The number of halogens is 1. The number of nitrogens with one attached hydrogen (secondary N) is 1. The minimum atomic E-state index is -0.516. The molecule has 1 rings (SSSR count). The van der Waals surface area contributed by atoms with Crippen molar-refractivity contribution < 1.29 is 4.79 Å². The number of carbonyl (C=O) groups is 1. The van der Waals surface area contributed by atoms with Crippen LogP contribution in [0.15, 0.2) is 12.1 Å². The van der Waals surface area contributed by atoms with Crippen LogP contribution in [-0.2, 0) is 4.79 Å². The van der Waals surface area contributed by atoms with E-state index in [4.69, 9.17) is 23.1 Å². The number of amides is 1. The maximum Gasteiger partial charge on any atom is 0.219 e. The zero-order valence-electron chi connectivity index (χ0n) is 9.25. The minimum Gasteiger partial charge on any atom is -0.396 e. The molecule has 16 heavy (non-hydrogen) atoms. The van der Waals surface area contributed by atoms with Crippen LogP contribution in [0.5, 0.6) is 0 Å². The van der Waals surface area contributed by atoms with Gasteiger partial charge in [0.25, 0.3) is 0 Å². The van der Waals surface area contributed by atoms with E-state index in [9.17, 15) is 4.79 Å². The molecule has 0 aromatic carbocycles. The zero-order chi connectivity index (χ0) is 12.3. The van der Waals surface area contributed by atoms with Crippen LogP contribution in [0.3, 0.4) is 0 Å². The van der Waals surface area contributed by atoms with Gasteiger partial charge in [0.1, 0.15) is 5.15 Å². The van der Waals surface area contributed by atoms with Crippen molar-refractivity contribution in [2.45, 2.75) is 25.8 Å². The van der Waals surface area contributed by atoms with Gasteiger partial charge in [0.15, 0.2) is 5.82 Å². The summed E-state index contributed by atoms with van der Waals surface area (Å²) in [6, 6.07) is 3.25. The van der Waals surface area contributed by atoms with Gasteiger partial charge in [0.2, 0.25) is 5.91 Å². The molecule has 0 unspecified atom stereocenters. The summed E-state index contributed by atoms with van der Waals surface area (Å²) in [5, 5.41) is 3.38. The second-order valence-electron chi connectivity index (χ2n) is 4.22. The predicted molar refractivity (Wildman–Crippen MR) is 65.2 cm³/mol. The van der Waals surface area contributed by atoms with Crippen molar-refractivity contribution in [3.63, 3.8) is 0 Å². The van der Waals surface area contributed by atoms with Crippen LogP contribution in [0, 0.1) is 0 Å². The SMILES string of the molecule is CC(C)(CC(N)=O)Nc1nc(Cl)ccc1N. The quantitative estimate of drug-likeness (QED) is 0.696. The lowest BCUT2D eigenvalue weighted by molar-refractivity contribution is -0.118. The molecule has 0 bridgehead atoms. The summed E-state index contributed by atoms with van der Waals surface area (Å²) in [5.74, 6) is 0.0665. The highest BCUT2D eigenvalue weighted by atomic mass is 35.5. The molecule has 0 aliphatic rings. The summed E-state index contributed by atoms with van der Waals surface area (Å²) < 4.78 is 0. The monoisotopic (exact) mass is 242 g/mol. The van der Waals surface area contributed by atoms with Crippen LogP contribution >= 0.6 is 11.6 Å². The summed E-state index contributed by atoms with van der Waals surface area (Å²) in [5.41, 5.74) is 10.8. The number of primary amides is 1. The molecule has 5 nitrogen and oxygen atoms in total. The minimum absolute atomic E-state index is 0.181. The maximum atomic E-state index is 10.9. The molecule has 0 atom stereocenters. The Labute approximate surface area is 99.2 Å². The van der Waals surface area contributed by atoms with Crippen molar-refractivity contribution in [1.82, 2.24) is 4.98 Å². The van der Waals surface area contributed by atoms with Gasteiger partial charge in [0.05, 0.1) is 5.69 Å². The van der Waals surface area contributed by atoms with E-state index in [1.165, 1.54) is 0 Å². The van der Waals surface area contributed by atoms with E-state index in [2.05, 4.69) is 10.3 Å². The van der Waals surface area contributed by atoms with Gasteiger partial charge in [-0.25, -0.2) is 4.98 Å². The number of anilines is 2. The van der Waals surface area contributed by atoms with Gasteiger partial charge >= 0.3 is 0 Å². The van der Waals surface area contributed by atoms with Gasteiger partial charge in [-0.15, -0.1) is 0 Å². The van der Waals surface area contributed by atoms with Crippen LogP contribution in [0.4, 0.5) is 11.5 Å². The summed E-state index contributed by atoms with van der Waals surface area (Å²) in [7, 11) is 0. The van der Waals surface area contributed by atoms with Crippen molar-refractivity contribution in [2.24, 2.45) is 5.73 Å². The summed E-state index contributed by atoms with van der Waals surface area (Å²) >= 11 is 5.75. The highest BCUT2D eigenvalue weighted by Gasteiger charge is 2.21. The van der Waals surface area contributed by atoms with Crippen LogP contribution in [-0.4, -0.2) is 16.4 Å². The number of aromatic nitrogens is 1. The maximum absolute atomic E-state index is 10.9. The van der Waals surface area contributed by atoms with Gasteiger partial charge in [-0.1, -0.05) is 11.6 Å². The van der Waals surface area contributed by atoms with Gasteiger partial charge in [0, 0.05) is 12.0 Å². The number of nitrogens with two attached hydrogens (primary N) is 2. The molecule has 0 aliphatic carbocycles. The number of pyridine rings is 1. The molecule has 1 aromatic heterocycles. The molecule has 0 fully saturated rings. The summed E-state index contributed by atoms with van der Waals surface area (Å²) in [6.45, 7) is 3.67. The van der Waals surface area contributed by atoms with Crippen LogP contribution in [0.25, 0.3) is 0 Å². The Hall–Kier alpha value is -1.49. The van der Waals surface area contributed by atoms with Gasteiger partial charge < -0.3 is 16.8 Å². The highest BCUT2D eigenvalue weighted by molar-refractivity contribution is 6.29. The summed E-state index contributed by atoms with van der Waals surface area (Å²) in [4.78, 5) is 14.9. The number of hydrogen-bond donors (Lipinski definition) is 3. The Balaban J connectivity index is 2.86. The number of carbonyl (C=O) groups excluding carboxylic acids is 1. The number of hydrogen-bond acceptors (Lipinski definition) is 4. The molecule has 1 amide bonds. The van der Waals surface area contributed by atoms with E-state index in [0.717, 1.165) is 0 Å². The molecular weight excluding hydrogens is 228 g/mol. The van der Waals surface area contributed by atoms with Gasteiger partial charge in [-0.3, -0.25) is 4.79 Å². The first-order chi connectivity index (χ1) is 7.30. The standard InChI is InChI=1S/C10H15ClN4O/c1-10(2,5-8(13)16)15-9-6(12)3-4-7(11)14-9/h3-4H,5,12H2,1-2H3,(H2,13,16)(H,14,15). The Bertz CT molecular complexity index is 406. The number of nitrogens with zero attached hydrogens (tertiary/aromatic N) is 1. The predicted octanol–water partition coefficient (Wildman–Crippen LogP) is 1.38. The number of rotatable bonds is 4. The molecule has 1 aromatic rings. The van der Waals surface area contributed by atoms with Gasteiger partial charge in [-0.05, 0) is 26.0 Å². The normalized spacial score (nSPS) is 11.2. The Kier molecular flexibility index (Phi) is 3.59. The van der Waals surface area contributed by atoms with Crippen molar-refractivity contribution in [2.75, 3.05) is 11.1 Å². The summed E-state index contributed by atoms with van der Waals surface area (Å²) in [6.07, 6.45) is 0.181. The number of nitrogen functional groups attached to an aromatic ring is 1. The van der Waals surface area contributed by atoms with Crippen molar-refractivity contribution >= 4 is 29.0 Å². The lowest BCUT2D eigenvalue weighted by Gasteiger charge is -2.26. The van der Waals surface area contributed by atoms with Crippen molar-refractivity contribution in [1.29, 1.82) is 0 Å². The molecule has 0 saturated heterocycles. The van der Waals surface area contributed by atoms with Crippen LogP contribution in [0.1, 0.15) is 20.3 Å². The molecular formula is C10H15ClN4O. The Morgan fingerprint density at radius 1 is 1.56 bits per heavy atom. The molecule has 5 N–H and O–H groups in total. The lowest BCUT2D eigenvalue weighted by atomic mass is 10.0. The lowest BCUT2D eigenvalue weighted by Crippen LogP contribution is -2.36.